The van der Waals surface area contributed by atoms with E-state index >= 15 is 0 Å². The predicted molar refractivity (Wildman–Crippen MR) is 139 cm³/mol. The minimum atomic E-state index is -0.581. The Morgan fingerprint density at radius 1 is 0.484 bits per heavy atom. The first kappa shape index (κ1) is 24.6. The molecule has 0 aromatic heterocycles. The minimum absolute atomic E-state index is 0.106. The van der Waals surface area contributed by atoms with Crippen LogP contribution >= 0.6 is 34.9 Å². The summed E-state index contributed by atoms with van der Waals surface area (Å²) in [6.07, 6.45) is 0. The zero-order valence-electron chi connectivity index (χ0n) is 16.8. The van der Waals surface area contributed by atoms with Crippen molar-refractivity contribution in [2.75, 3.05) is 0 Å². The van der Waals surface area contributed by atoms with Crippen molar-refractivity contribution in [2.45, 2.75) is 5.40 Å². The molecule has 0 saturated heterocycles. The first-order chi connectivity index (χ1) is 15.3. The SMILES string of the molecule is [CH2-]C(P(c1ccccc1)c1ccccc1)P(c1ccccc1)c1ccccc1.[Cl][Pd][Cl]. The fraction of sp³-hybridized carbons (Fsp3) is 0.0385. The number of halogens is 2. The molecule has 0 radical (unpaired) electrons. The summed E-state index contributed by atoms with van der Waals surface area (Å²) in [5, 5.41) is 5.84. The molecule has 4 rings (SSSR count). The molecule has 0 heterocycles. The van der Waals surface area contributed by atoms with Gasteiger partial charge in [0.05, 0.1) is 0 Å². The van der Waals surface area contributed by atoms with E-state index in [0.29, 0.717) is 0 Å². The summed E-state index contributed by atoms with van der Waals surface area (Å²) >= 11 is -0.106. The van der Waals surface area contributed by atoms with Crippen LogP contribution in [0.15, 0.2) is 121 Å². The zero-order chi connectivity index (χ0) is 21.9. The van der Waals surface area contributed by atoms with Crippen LogP contribution < -0.4 is 21.2 Å². The number of hydrogen-bond donors (Lipinski definition) is 0. The molecule has 0 aliphatic heterocycles. The van der Waals surface area contributed by atoms with Crippen molar-refractivity contribution in [2.24, 2.45) is 0 Å². The second kappa shape index (κ2) is 13.5. The molecule has 0 atom stereocenters. The number of rotatable bonds is 6. The molecule has 4 aromatic carbocycles. The monoisotopic (exact) mass is 573 g/mol. The summed E-state index contributed by atoms with van der Waals surface area (Å²) in [6.45, 7) is 4.80. The maximum absolute atomic E-state index is 4.81. The van der Waals surface area contributed by atoms with Crippen molar-refractivity contribution in [1.29, 1.82) is 0 Å². The van der Waals surface area contributed by atoms with Crippen LogP contribution in [0.3, 0.4) is 0 Å². The molecule has 4 aromatic rings. The number of hydrogen-bond acceptors (Lipinski definition) is 0. The van der Waals surface area contributed by atoms with E-state index in [2.05, 4.69) is 121 Å². The van der Waals surface area contributed by atoms with Crippen molar-refractivity contribution >= 4 is 56.1 Å². The van der Waals surface area contributed by atoms with Gasteiger partial charge in [0.15, 0.2) is 0 Å². The Hall–Kier alpha value is -1.02. The van der Waals surface area contributed by atoms with Gasteiger partial charge in [-0.25, -0.2) is 0 Å². The van der Waals surface area contributed by atoms with Gasteiger partial charge in [0.25, 0.3) is 0 Å². The summed E-state index contributed by atoms with van der Waals surface area (Å²) in [6, 6.07) is 43.7. The summed E-state index contributed by atoms with van der Waals surface area (Å²) in [5.41, 5.74) is 0. The first-order valence-corrected chi connectivity index (χ1v) is 16.5. The van der Waals surface area contributed by atoms with Crippen molar-refractivity contribution < 1.29 is 15.9 Å². The Morgan fingerprint density at radius 2 is 0.677 bits per heavy atom. The molecule has 5 heteroatoms. The van der Waals surface area contributed by atoms with Gasteiger partial charge in [-0.2, -0.15) is 0 Å². The van der Waals surface area contributed by atoms with Gasteiger partial charge in [0, 0.05) is 0 Å². The molecule has 0 saturated carbocycles. The molecule has 0 aliphatic rings. The average Bonchev–Trinajstić information content (AvgIpc) is 2.83. The molecule has 0 unspecified atom stereocenters. The second-order valence-corrected chi connectivity index (χ2v) is 14.2. The standard InChI is InChI=1S/C26H23P2.2ClH.Pd/c1-22(27(23-14-6-2-7-15-23)24-16-8-3-9-17-24)28(25-18-10-4-11-19-25)26-20-12-5-13-21-26;;;/h2-22H,1H2;2*1H;/q-1;;;+2/p-2. The Bertz CT molecular complexity index is 841. The topological polar surface area (TPSA) is 0 Å². The fourth-order valence-corrected chi connectivity index (χ4v) is 9.93. The van der Waals surface area contributed by atoms with Crippen molar-refractivity contribution in [3.05, 3.63) is 128 Å². The molecule has 0 nitrogen and oxygen atoms in total. The third-order valence-corrected chi connectivity index (χ3v) is 10.7. The van der Waals surface area contributed by atoms with Gasteiger partial charge < -0.3 is 6.92 Å². The van der Waals surface area contributed by atoms with E-state index < -0.39 is 15.8 Å². The molecular weight excluding hydrogens is 552 g/mol. The van der Waals surface area contributed by atoms with Gasteiger partial charge in [-0.3, -0.25) is 0 Å². The zero-order valence-corrected chi connectivity index (χ0v) is 21.7. The summed E-state index contributed by atoms with van der Waals surface area (Å²) in [4.78, 5) is 0. The number of benzene rings is 4. The van der Waals surface area contributed by atoms with E-state index in [0.717, 1.165) is 0 Å². The van der Waals surface area contributed by atoms with Gasteiger partial charge >= 0.3 is 35.0 Å². The molecule has 0 spiro atoms. The summed E-state index contributed by atoms with van der Waals surface area (Å²) in [7, 11) is 8.47. The quantitative estimate of drug-likeness (QED) is 0.135. The molecule has 0 amide bonds. The van der Waals surface area contributed by atoms with E-state index in [1.54, 1.807) is 0 Å². The van der Waals surface area contributed by atoms with Crippen LogP contribution in [0.1, 0.15) is 0 Å². The van der Waals surface area contributed by atoms with E-state index in [9.17, 15) is 0 Å². The molecule has 0 fully saturated rings. The summed E-state index contributed by atoms with van der Waals surface area (Å²) < 4.78 is 0. The van der Waals surface area contributed by atoms with Gasteiger partial charge in [0.2, 0.25) is 0 Å². The second-order valence-electron chi connectivity index (χ2n) is 6.61. The Morgan fingerprint density at radius 3 is 0.871 bits per heavy atom. The third kappa shape index (κ3) is 6.98. The van der Waals surface area contributed by atoms with Gasteiger partial charge in [-0.1, -0.05) is 137 Å². The Kier molecular flexibility index (Phi) is 10.7. The summed E-state index contributed by atoms with van der Waals surface area (Å²) in [5.74, 6) is 0. The van der Waals surface area contributed by atoms with Crippen LogP contribution in [0.25, 0.3) is 0 Å². The van der Waals surface area contributed by atoms with Gasteiger partial charge in [-0.15, -0.1) is 5.40 Å². The van der Waals surface area contributed by atoms with Gasteiger partial charge in [0.1, 0.15) is 0 Å². The van der Waals surface area contributed by atoms with Crippen LogP contribution in [0.4, 0.5) is 0 Å². The van der Waals surface area contributed by atoms with Gasteiger partial charge in [-0.05, 0) is 21.2 Å². The Labute approximate surface area is 204 Å². The van der Waals surface area contributed by atoms with Crippen molar-refractivity contribution in [3.63, 3.8) is 0 Å². The van der Waals surface area contributed by atoms with E-state index in [4.69, 9.17) is 26.0 Å². The molecule has 0 aliphatic carbocycles. The predicted octanol–water partition coefficient (Wildman–Crippen LogP) is 6.79. The molecule has 0 bridgehead atoms. The van der Waals surface area contributed by atoms with E-state index in [1.807, 2.05) is 0 Å². The third-order valence-electron chi connectivity index (χ3n) is 4.73. The fourth-order valence-electron chi connectivity index (χ4n) is 3.46. The van der Waals surface area contributed by atoms with E-state index in [1.165, 1.54) is 21.2 Å². The maximum atomic E-state index is 4.81. The average molecular weight is 575 g/mol. The molecule has 31 heavy (non-hydrogen) atoms. The van der Waals surface area contributed by atoms with Crippen LogP contribution in [0, 0.1) is 6.92 Å². The van der Waals surface area contributed by atoms with Crippen molar-refractivity contribution in [3.8, 4) is 0 Å². The molecular formula is C26H23Cl2P2Pd-. The molecule has 0 N–H and O–H groups in total. The van der Waals surface area contributed by atoms with Crippen molar-refractivity contribution in [1.82, 2.24) is 0 Å². The van der Waals surface area contributed by atoms with E-state index in [-0.39, 0.29) is 21.3 Å². The first-order valence-electron chi connectivity index (χ1n) is 9.70. The van der Waals surface area contributed by atoms with Crippen LogP contribution in [0.2, 0.25) is 0 Å². The van der Waals surface area contributed by atoms with Crippen LogP contribution in [0.5, 0.6) is 0 Å². The molecule has 162 valence electrons. The van der Waals surface area contributed by atoms with Crippen LogP contribution in [-0.4, -0.2) is 5.40 Å². The van der Waals surface area contributed by atoms with Crippen LogP contribution in [-0.2, 0) is 15.9 Å². The normalized spacial score (nSPS) is 10.9. The Balaban J connectivity index is 0.000000858.